The number of phosphoric ester groups is 1. The van der Waals surface area contributed by atoms with Crippen molar-refractivity contribution in [3.8, 4) is 0 Å². The fourth-order valence-electron chi connectivity index (χ4n) is 8.49. The molecule has 11 nitrogen and oxygen atoms in total. The van der Waals surface area contributed by atoms with Gasteiger partial charge in [0.15, 0.2) is 6.10 Å². The molecule has 0 rings (SSSR count). The van der Waals surface area contributed by atoms with Crippen LogP contribution in [0.5, 0.6) is 0 Å². The molecule has 0 aromatic carbocycles. The highest BCUT2D eigenvalue weighted by Gasteiger charge is 2.28. The van der Waals surface area contributed by atoms with Crippen LogP contribution in [0.15, 0.2) is 122 Å². The number of allylic oxidation sites excluding steroid dienone is 20. The van der Waals surface area contributed by atoms with E-state index in [1.165, 1.54) is 64.2 Å². The number of carbonyl (C=O) groups is 3. The molecular formula is C70H117O11P. The summed E-state index contributed by atoms with van der Waals surface area (Å²) in [5.41, 5.74) is 0. The summed E-state index contributed by atoms with van der Waals surface area (Å²) in [6.45, 7) is 4.36. The van der Waals surface area contributed by atoms with E-state index in [9.17, 15) is 28.9 Å². The number of rotatable bonds is 59. The van der Waals surface area contributed by atoms with Crippen molar-refractivity contribution >= 4 is 25.7 Å². The van der Waals surface area contributed by atoms with E-state index >= 15 is 0 Å². The standard InChI is InChI=1S/C70H117O11P/c1-4-7-10-13-16-19-22-25-28-31-33-36-38-41-44-47-50-53-56-59-68(72)77-63-67(81-70(74)61-58-55-52-49-46-43-40-37-34-32-29-26-23-20-17-14-11-8-5-2)65-79-82(75,76)78-64-66(62-71)80-69(73)60-57-54-51-48-45-42-39-35-30-27-24-21-18-15-12-9-6-3/h7,9-10,12,16-21,25-30,33,36,41,44,66-67,71H,4-6,8,11,13-15,22-24,31-32,34-35,37-40,42-43,45-65H2,1-3H3,(H,75,76)/b10-7-,12-9-,19-16-,20-17-,21-18-,28-25-,29-26-,30-27-,36-33-,44-41-. The number of aliphatic hydroxyl groups is 1. The summed E-state index contributed by atoms with van der Waals surface area (Å²) in [5, 5.41) is 9.86. The van der Waals surface area contributed by atoms with Gasteiger partial charge in [0.05, 0.1) is 19.8 Å². The molecule has 2 N–H and O–H groups in total. The second-order valence-corrected chi connectivity index (χ2v) is 22.6. The summed E-state index contributed by atoms with van der Waals surface area (Å²) >= 11 is 0. The highest BCUT2D eigenvalue weighted by molar-refractivity contribution is 7.47. The topological polar surface area (TPSA) is 155 Å². The number of esters is 3. The number of hydrogen-bond acceptors (Lipinski definition) is 10. The first-order valence-electron chi connectivity index (χ1n) is 32.4. The lowest BCUT2D eigenvalue weighted by Gasteiger charge is -2.21. The first-order valence-corrected chi connectivity index (χ1v) is 33.9. The maximum Gasteiger partial charge on any atom is 0.472 e. The summed E-state index contributed by atoms with van der Waals surface area (Å²) in [5.74, 6) is -1.52. The van der Waals surface area contributed by atoms with Crippen LogP contribution in [-0.2, 0) is 42.2 Å². The Hall–Kier alpha value is -4.12. The molecule has 0 spiro atoms. The van der Waals surface area contributed by atoms with Crippen molar-refractivity contribution < 1.29 is 52.2 Å². The molecule has 0 aliphatic carbocycles. The van der Waals surface area contributed by atoms with Gasteiger partial charge in [-0.3, -0.25) is 23.4 Å². The fourth-order valence-corrected chi connectivity index (χ4v) is 9.27. The third kappa shape index (κ3) is 60.5. The molecule has 0 amide bonds. The SMILES string of the molecule is CC/C=C\C/C=C\C/C=C\C/C=C\C/C=C\CCCCCC(=O)OCC(COP(=O)(O)OCC(CO)OC(=O)CCCCCCCCC/C=C\C/C=C\C/C=C\CC)OC(=O)CCCCCCCCCCC/C=C\C/C=C\CCCCC. The first-order chi connectivity index (χ1) is 40.2. The van der Waals surface area contributed by atoms with E-state index < -0.39 is 57.8 Å². The highest BCUT2D eigenvalue weighted by Crippen LogP contribution is 2.43. The van der Waals surface area contributed by atoms with Crippen molar-refractivity contribution in [2.75, 3.05) is 26.4 Å². The van der Waals surface area contributed by atoms with E-state index in [1.54, 1.807) is 0 Å². The lowest BCUT2D eigenvalue weighted by atomic mass is 10.1. The van der Waals surface area contributed by atoms with Crippen LogP contribution in [-0.4, -0.2) is 66.5 Å². The summed E-state index contributed by atoms with van der Waals surface area (Å²) in [7, 11) is -4.77. The van der Waals surface area contributed by atoms with Gasteiger partial charge < -0.3 is 24.2 Å². The van der Waals surface area contributed by atoms with E-state index in [1.807, 2.05) is 0 Å². The van der Waals surface area contributed by atoms with E-state index in [4.69, 9.17) is 23.3 Å². The van der Waals surface area contributed by atoms with Crippen LogP contribution >= 0.6 is 7.82 Å². The zero-order chi connectivity index (χ0) is 59.8. The van der Waals surface area contributed by atoms with Gasteiger partial charge in [0.2, 0.25) is 0 Å². The molecular weight excluding hydrogens is 1050 g/mol. The molecule has 0 fully saturated rings. The van der Waals surface area contributed by atoms with Gasteiger partial charge in [0, 0.05) is 19.3 Å². The van der Waals surface area contributed by atoms with E-state index in [2.05, 4.69) is 142 Å². The summed E-state index contributed by atoms with van der Waals surface area (Å²) in [4.78, 5) is 48.8. The summed E-state index contributed by atoms with van der Waals surface area (Å²) in [6, 6.07) is 0. The molecule has 3 unspecified atom stereocenters. The van der Waals surface area contributed by atoms with Crippen LogP contribution in [0.2, 0.25) is 0 Å². The molecule has 12 heteroatoms. The van der Waals surface area contributed by atoms with E-state index in [-0.39, 0.29) is 25.9 Å². The second kappa shape index (κ2) is 62.9. The molecule has 0 heterocycles. The minimum Gasteiger partial charge on any atom is -0.462 e. The highest BCUT2D eigenvalue weighted by atomic mass is 31.2. The lowest BCUT2D eigenvalue weighted by molar-refractivity contribution is -0.161. The van der Waals surface area contributed by atoms with Crippen molar-refractivity contribution in [2.45, 2.75) is 277 Å². The Morgan fingerprint density at radius 3 is 0.988 bits per heavy atom. The Bertz CT molecular complexity index is 1840. The zero-order valence-electron chi connectivity index (χ0n) is 51.9. The van der Waals surface area contributed by atoms with Crippen molar-refractivity contribution in [1.29, 1.82) is 0 Å². The molecule has 0 aromatic rings. The van der Waals surface area contributed by atoms with Crippen LogP contribution in [0.4, 0.5) is 0 Å². The van der Waals surface area contributed by atoms with Crippen molar-refractivity contribution in [3.63, 3.8) is 0 Å². The number of unbranched alkanes of at least 4 members (excludes halogenated alkanes) is 22. The average Bonchev–Trinajstić information content (AvgIpc) is 3.47. The van der Waals surface area contributed by atoms with Crippen molar-refractivity contribution in [2.24, 2.45) is 0 Å². The molecule has 0 aromatic heterocycles. The molecule has 0 radical (unpaired) electrons. The van der Waals surface area contributed by atoms with Crippen molar-refractivity contribution in [1.82, 2.24) is 0 Å². The van der Waals surface area contributed by atoms with Crippen molar-refractivity contribution in [3.05, 3.63) is 122 Å². The maximum absolute atomic E-state index is 13.0. The Balaban J connectivity index is 4.78. The molecule has 468 valence electrons. The van der Waals surface area contributed by atoms with Crippen LogP contribution in [0.3, 0.4) is 0 Å². The average molecular weight is 1170 g/mol. The number of aliphatic hydroxyl groups excluding tert-OH is 1. The molecule has 82 heavy (non-hydrogen) atoms. The fraction of sp³-hybridized carbons (Fsp3) is 0.671. The molecule has 0 bridgehead atoms. The van der Waals surface area contributed by atoms with Crippen LogP contribution in [0.25, 0.3) is 0 Å². The Morgan fingerprint density at radius 2 is 0.634 bits per heavy atom. The molecule has 0 saturated heterocycles. The van der Waals surface area contributed by atoms with E-state index in [0.29, 0.717) is 19.3 Å². The van der Waals surface area contributed by atoms with Crippen LogP contribution in [0.1, 0.15) is 265 Å². The quantitative estimate of drug-likeness (QED) is 0.0197. The van der Waals surface area contributed by atoms with Gasteiger partial charge in [-0.25, -0.2) is 4.57 Å². The predicted octanol–water partition coefficient (Wildman–Crippen LogP) is 19.9. The van der Waals surface area contributed by atoms with Gasteiger partial charge in [-0.05, 0) is 128 Å². The largest absolute Gasteiger partial charge is 0.472 e. The lowest BCUT2D eigenvalue weighted by Crippen LogP contribution is -2.30. The number of hydrogen-bond donors (Lipinski definition) is 2. The first kappa shape index (κ1) is 77.9. The third-order valence-corrected chi connectivity index (χ3v) is 14.3. The summed E-state index contributed by atoms with van der Waals surface area (Å²) < 4.78 is 39.7. The van der Waals surface area contributed by atoms with Gasteiger partial charge in [-0.2, -0.15) is 0 Å². The third-order valence-electron chi connectivity index (χ3n) is 13.3. The number of carbonyl (C=O) groups excluding carboxylic acids is 3. The normalized spacial score (nSPS) is 14.1. The smallest absolute Gasteiger partial charge is 0.462 e. The minimum atomic E-state index is -4.77. The van der Waals surface area contributed by atoms with Crippen LogP contribution in [0, 0.1) is 0 Å². The molecule has 0 aliphatic rings. The number of phosphoric acid groups is 1. The molecule has 3 atom stereocenters. The predicted molar refractivity (Wildman–Crippen MR) is 343 cm³/mol. The second-order valence-electron chi connectivity index (χ2n) is 21.2. The Kier molecular flexibility index (Phi) is 59.8. The molecule has 0 saturated carbocycles. The molecule has 0 aliphatic heterocycles. The summed E-state index contributed by atoms with van der Waals surface area (Å²) in [6.07, 6.45) is 78.6. The van der Waals surface area contributed by atoms with Gasteiger partial charge in [-0.15, -0.1) is 0 Å². The number of ether oxygens (including phenoxy) is 3. The van der Waals surface area contributed by atoms with Crippen LogP contribution < -0.4 is 0 Å². The Labute approximate surface area is 500 Å². The van der Waals surface area contributed by atoms with Gasteiger partial charge >= 0.3 is 25.7 Å². The van der Waals surface area contributed by atoms with E-state index in [0.717, 1.165) is 141 Å². The maximum atomic E-state index is 13.0. The minimum absolute atomic E-state index is 0.149. The Morgan fingerprint density at radius 1 is 0.354 bits per heavy atom. The monoisotopic (exact) mass is 1160 g/mol. The van der Waals surface area contributed by atoms with Gasteiger partial charge in [0.1, 0.15) is 12.7 Å². The van der Waals surface area contributed by atoms with Gasteiger partial charge in [-0.1, -0.05) is 239 Å². The zero-order valence-corrected chi connectivity index (χ0v) is 52.8. The van der Waals surface area contributed by atoms with Gasteiger partial charge in [0.25, 0.3) is 0 Å².